The third-order valence-electron chi connectivity index (χ3n) is 2.45. The molecule has 0 radical (unpaired) electrons. The number of rotatable bonds is 3. The van der Waals surface area contributed by atoms with Gasteiger partial charge in [0.1, 0.15) is 5.82 Å². The Kier molecular flexibility index (Phi) is 3.41. The molecular weight excluding hydrogens is 248 g/mol. The third-order valence-corrected chi connectivity index (χ3v) is 5.06. The molecule has 1 unspecified atom stereocenters. The number of nitrogens with one attached hydrogen (secondary N) is 2. The summed E-state index contributed by atoms with van der Waals surface area (Å²) in [5.41, 5.74) is 0. The smallest absolute Gasteiger partial charge is 0.238 e. The summed E-state index contributed by atoms with van der Waals surface area (Å²) in [4.78, 5) is 3.99. The molecule has 0 amide bonds. The van der Waals surface area contributed by atoms with Gasteiger partial charge in [-0.1, -0.05) is 0 Å². The van der Waals surface area contributed by atoms with E-state index in [4.69, 9.17) is 0 Å². The molecule has 90 valence electrons. The average Bonchev–Trinajstić information content (AvgIpc) is 2.64. The summed E-state index contributed by atoms with van der Waals surface area (Å²) >= 11 is 1.07. The number of anilines is 1. The number of nitrogens with zero attached hydrogens (tertiary/aromatic N) is 2. The van der Waals surface area contributed by atoms with Crippen LogP contribution in [0.15, 0.2) is 0 Å². The van der Waals surface area contributed by atoms with Crippen molar-refractivity contribution in [3.05, 3.63) is 5.82 Å². The van der Waals surface area contributed by atoms with E-state index in [-0.39, 0.29) is 5.25 Å². The highest BCUT2D eigenvalue weighted by atomic mass is 32.2. The van der Waals surface area contributed by atoms with Crippen LogP contribution < -0.4 is 10.0 Å². The molecule has 0 bridgehead atoms. The Morgan fingerprint density at radius 2 is 2.38 bits per heavy atom. The van der Waals surface area contributed by atoms with Gasteiger partial charge < -0.3 is 5.32 Å². The molecule has 1 aliphatic heterocycles. The molecule has 1 atom stereocenters. The van der Waals surface area contributed by atoms with Crippen LogP contribution >= 0.6 is 11.5 Å². The van der Waals surface area contributed by atoms with Crippen molar-refractivity contribution >= 4 is 26.7 Å². The Hall–Kier alpha value is -0.730. The van der Waals surface area contributed by atoms with E-state index in [2.05, 4.69) is 19.4 Å². The third kappa shape index (κ3) is 2.69. The first-order valence-electron chi connectivity index (χ1n) is 5.10. The first-order valence-corrected chi connectivity index (χ1v) is 7.42. The number of hydrogen-bond donors (Lipinski definition) is 2. The Balaban J connectivity index is 2.07. The van der Waals surface area contributed by atoms with Gasteiger partial charge in [0, 0.05) is 18.1 Å². The first kappa shape index (κ1) is 11.7. The van der Waals surface area contributed by atoms with Crippen LogP contribution in [0.3, 0.4) is 0 Å². The van der Waals surface area contributed by atoms with Crippen LogP contribution in [0.5, 0.6) is 0 Å². The fourth-order valence-corrected chi connectivity index (χ4v) is 3.83. The fourth-order valence-electron chi connectivity index (χ4n) is 1.63. The van der Waals surface area contributed by atoms with Gasteiger partial charge in [-0.15, -0.1) is 0 Å². The number of aromatic nitrogens is 2. The van der Waals surface area contributed by atoms with Crippen LogP contribution in [-0.2, 0) is 10.0 Å². The number of piperidine rings is 1. The monoisotopic (exact) mass is 262 g/mol. The summed E-state index contributed by atoms with van der Waals surface area (Å²) in [5.74, 6) is 0.587. The topological polar surface area (TPSA) is 84.0 Å². The molecule has 8 heteroatoms. The van der Waals surface area contributed by atoms with Crippen molar-refractivity contribution in [1.29, 1.82) is 0 Å². The molecular formula is C8H14N4O2S2. The van der Waals surface area contributed by atoms with Gasteiger partial charge in [0.15, 0.2) is 0 Å². The van der Waals surface area contributed by atoms with Gasteiger partial charge in [-0.25, -0.2) is 13.4 Å². The van der Waals surface area contributed by atoms with Gasteiger partial charge in [0.05, 0.1) is 5.25 Å². The molecule has 0 spiro atoms. The maximum absolute atomic E-state index is 12.0. The summed E-state index contributed by atoms with van der Waals surface area (Å²) in [7, 11) is -3.33. The molecule has 1 saturated heterocycles. The van der Waals surface area contributed by atoms with E-state index in [9.17, 15) is 8.42 Å². The lowest BCUT2D eigenvalue weighted by molar-refractivity contribution is 0.499. The quantitative estimate of drug-likeness (QED) is 0.820. The Labute approximate surface area is 98.7 Å². The van der Waals surface area contributed by atoms with Crippen LogP contribution in [0.1, 0.15) is 18.7 Å². The van der Waals surface area contributed by atoms with Crippen LogP contribution in [-0.4, -0.2) is 36.1 Å². The van der Waals surface area contributed by atoms with Gasteiger partial charge in [0.25, 0.3) is 0 Å². The highest BCUT2D eigenvalue weighted by Crippen LogP contribution is 2.17. The normalized spacial score (nSPS) is 21.9. The molecule has 1 aromatic heterocycles. The van der Waals surface area contributed by atoms with Crippen LogP contribution in [0, 0.1) is 6.92 Å². The van der Waals surface area contributed by atoms with Crippen molar-refractivity contribution in [2.75, 3.05) is 17.8 Å². The van der Waals surface area contributed by atoms with Gasteiger partial charge in [0.2, 0.25) is 15.2 Å². The minimum atomic E-state index is -3.33. The standard InChI is InChI=1S/C8H14N4O2S2/c1-6-10-8(15-11-6)12-16(13,14)7-3-2-4-9-5-7/h7,9H,2-5H2,1H3,(H,10,11,12). The average molecular weight is 262 g/mol. The highest BCUT2D eigenvalue weighted by Gasteiger charge is 2.27. The summed E-state index contributed by atoms with van der Waals surface area (Å²) in [6, 6.07) is 0. The number of sulfonamides is 1. The lowest BCUT2D eigenvalue weighted by atomic mass is 10.2. The Morgan fingerprint density at radius 1 is 1.56 bits per heavy atom. The maximum Gasteiger partial charge on any atom is 0.238 e. The lowest BCUT2D eigenvalue weighted by Gasteiger charge is -2.22. The van der Waals surface area contributed by atoms with E-state index in [1.165, 1.54) is 0 Å². The number of aryl methyl sites for hydroxylation is 1. The summed E-state index contributed by atoms with van der Waals surface area (Å²) in [6.45, 7) is 3.13. The highest BCUT2D eigenvalue weighted by molar-refractivity contribution is 7.93. The van der Waals surface area contributed by atoms with Crippen molar-refractivity contribution < 1.29 is 8.42 Å². The minimum Gasteiger partial charge on any atom is -0.315 e. The molecule has 6 nitrogen and oxygen atoms in total. The molecule has 1 aliphatic rings. The van der Waals surface area contributed by atoms with Crippen LogP contribution in [0.25, 0.3) is 0 Å². The second-order valence-corrected chi connectivity index (χ2v) is 6.47. The van der Waals surface area contributed by atoms with Gasteiger partial charge in [-0.05, 0) is 26.3 Å². The largest absolute Gasteiger partial charge is 0.315 e. The zero-order valence-electron chi connectivity index (χ0n) is 8.93. The maximum atomic E-state index is 12.0. The van der Waals surface area contributed by atoms with Gasteiger partial charge in [-0.3, -0.25) is 4.72 Å². The van der Waals surface area contributed by atoms with Crippen molar-refractivity contribution in [3.63, 3.8) is 0 Å². The summed E-state index contributed by atoms with van der Waals surface area (Å²) in [5, 5.41) is 3.06. The molecule has 0 saturated carbocycles. The molecule has 2 rings (SSSR count). The van der Waals surface area contributed by atoms with Crippen molar-refractivity contribution in [2.45, 2.75) is 25.0 Å². The minimum absolute atomic E-state index is 0.350. The second kappa shape index (κ2) is 4.64. The van der Waals surface area contributed by atoms with Crippen LogP contribution in [0.2, 0.25) is 0 Å². The summed E-state index contributed by atoms with van der Waals surface area (Å²) < 4.78 is 30.3. The fraction of sp³-hybridized carbons (Fsp3) is 0.750. The van der Waals surface area contributed by atoms with E-state index in [1.807, 2.05) is 0 Å². The van der Waals surface area contributed by atoms with Gasteiger partial charge >= 0.3 is 0 Å². The zero-order valence-corrected chi connectivity index (χ0v) is 10.6. The number of hydrogen-bond acceptors (Lipinski definition) is 6. The molecule has 2 heterocycles. The van der Waals surface area contributed by atoms with Crippen molar-refractivity contribution in [1.82, 2.24) is 14.7 Å². The molecule has 0 aromatic carbocycles. The zero-order chi connectivity index (χ0) is 11.6. The molecule has 2 N–H and O–H groups in total. The van der Waals surface area contributed by atoms with E-state index in [0.29, 0.717) is 23.9 Å². The Morgan fingerprint density at radius 3 is 2.94 bits per heavy atom. The van der Waals surface area contributed by atoms with E-state index >= 15 is 0 Å². The molecule has 1 aromatic rings. The predicted octanol–water partition coefficient (Wildman–Crippen LogP) is 0.340. The Bertz CT molecular complexity index is 450. The molecule has 16 heavy (non-hydrogen) atoms. The molecule has 1 fully saturated rings. The summed E-state index contributed by atoms with van der Waals surface area (Å²) in [6.07, 6.45) is 1.58. The van der Waals surface area contributed by atoms with Crippen molar-refractivity contribution in [3.8, 4) is 0 Å². The second-order valence-electron chi connectivity index (χ2n) is 3.76. The van der Waals surface area contributed by atoms with E-state index < -0.39 is 10.0 Å². The molecule has 0 aliphatic carbocycles. The van der Waals surface area contributed by atoms with Crippen LogP contribution in [0.4, 0.5) is 5.13 Å². The van der Waals surface area contributed by atoms with E-state index in [1.54, 1.807) is 6.92 Å². The lowest BCUT2D eigenvalue weighted by Crippen LogP contribution is -2.41. The predicted molar refractivity (Wildman–Crippen MR) is 63.1 cm³/mol. The first-order chi connectivity index (χ1) is 7.58. The SMILES string of the molecule is Cc1nsc(NS(=O)(=O)C2CCCNC2)n1. The van der Waals surface area contributed by atoms with Crippen molar-refractivity contribution in [2.24, 2.45) is 0 Å². The van der Waals surface area contributed by atoms with E-state index in [0.717, 1.165) is 24.5 Å². The van der Waals surface area contributed by atoms with Gasteiger partial charge in [-0.2, -0.15) is 4.37 Å².